The molecule has 4 heteroatoms. The van der Waals surface area contributed by atoms with Gasteiger partial charge in [-0.05, 0) is 31.4 Å². The first-order valence-corrected chi connectivity index (χ1v) is 6.01. The molecule has 0 aliphatic carbocycles. The first-order chi connectivity index (χ1) is 8.03. The summed E-state index contributed by atoms with van der Waals surface area (Å²) in [5.41, 5.74) is 7.21. The summed E-state index contributed by atoms with van der Waals surface area (Å²) in [5.74, 6) is -0.104. The fourth-order valence-electron chi connectivity index (χ4n) is 1.61. The van der Waals surface area contributed by atoms with Gasteiger partial charge in [0.15, 0.2) is 0 Å². The molecule has 0 atom stereocenters. The van der Waals surface area contributed by atoms with Crippen molar-refractivity contribution in [1.82, 2.24) is 10.3 Å². The Labute approximate surface area is 103 Å². The summed E-state index contributed by atoms with van der Waals surface area (Å²) in [6, 6.07) is 3.86. The zero-order valence-corrected chi connectivity index (χ0v) is 10.8. The highest BCUT2D eigenvalue weighted by molar-refractivity contribution is 5.85. The molecule has 0 aliphatic rings. The number of aryl methyl sites for hydroxylation is 1. The van der Waals surface area contributed by atoms with Crippen LogP contribution in [0.5, 0.6) is 0 Å². The van der Waals surface area contributed by atoms with E-state index in [0.717, 1.165) is 11.3 Å². The molecule has 1 amide bonds. The van der Waals surface area contributed by atoms with Gasteiger partial charge in [0, 0.05) is 6.20 Å². The molecule has 0 fully saturated rings. The zero-order valence-electron chi connectivity index (χ0n) is 10.8. The molecule has 0 bridgehead atoms. The van der Waals surface area contributed by atoms with E-state index in [1.165, 1.54) is 0 Å². The highest BCUT2D eigenvalue weighted by atomic mass is 16.2. The smallest absolute Gasteiger partial charge is 0.240 e. The third-order valence-corrected chi connectivity index (χ3v) is 3.25. The van der Waals surface area contributed by atoms with Crippen molar-refractivity contribution >= 4 is 5.91 Å². The standard InChI is InChI=1S/C13H21N3O/c1-4-13(14,5-2)12(17)16-9-11-10(3)7-6-8-15-11/h6-8H,4-5,9,14H2,1-3H3,(H,16,17). The van der Waals surface area contributed by atoms with Crippen LogP contribution in [0.3, 0.4) is 0 Å². The molecule has 0 saturated carbocycles. The number of hydrogen-bond donors (Lipinski definition) is 2. The molecule has 94 valence electrons. The Balaban J connectivity index is 2.63. The van der Waals surface area contributed by atoms with E-state index in [0.29, 0.717) is 19.4 Å². The minimum atomic E-state index is -0.761. The molecule has 0 aromatic carbocycles. The van der Waals surface area contributed by atoms with Crippen molar-refractivity contribution < 1.29 is 4.79 Å². The van der Waals surface area contributed by atoms with Gasteiger partial charge < -0.3 is 11.1 Å². The third-order valence-electron chi connectivity index (χ3n) is 3.25. The molecule has 0 saturated heterocycles. The molecule has 4 nitrogen and oxygen atoms in total. The van der Waals surface area contributed by atoms with Gasteiger partial charge in [0.1, 0.15) is 0 Å². The van der Waals surface area contributed by atoms with Gasteiger partial charge in [0.25, 0.3) is 0 Å². The van der Waals surface area contributed by atoms with Crippen LogP contribution >= 0.6 is 0 Å². The molecule has 0 aliphatic heterocycles. The maximum absolute atomic E-state index is 11.9. The molecule has 1 aromatic rings. The van der Waals surface area contributed by atoms with E-state index in [9.17, 15) is 4.79 Å². The van der Waals surface area contributed by atoms with Gasteiger partial charge in [-0.25, -0.2) is 0 Å². The second-order valence-corrected chi connectivity index (χ2v) is 4.31. The lowest BCUT2D eigenvalue weighted by molar-refractivity contribution is -0.126. The second-order valence-electron chi connectivity index (χ2n) is 4.31. The summed E-state index contributed by atoms with van der Waals surface area (Å²) < 4.78 is 0. The number of nitrogens with one attached hydrogen (secondary N) is 1. The average Bonchev–Trinajstić information content (AvgIpc) is 2.36. The van der Waals surface area contributed by atoms with E-state index in [1.807, 2.05) is 32.9 Å². The Morgan fingerprint density at radius 2 is 2.12 bits per heavy atom. The lowest BCUT2D eigenvalue weighted by Crippen LogP contribution is -2.52. The number of carbonyl (C=O) groups excluding carboxylic acids is 1. The van der Waals surface area contributed by atoms with Crippen molar-refractivity contribution in [2.45, 2.75) is 45.7 Å². The number of nitrogens with two attached hydrogens (primary N) is 1. The lowest BCUT2D eigenvalue weighted by atomic mass is 9.93. The van der Waals surface area contributed by atoms with Crippen LogP contribution in [0.1, 0.15) is 37.9 Å². The predicted molar refractivity (Wildman–Crippen MR) is 68.3 cm³/mol. The van der Waals surface area contributed by atoms with Crippen molar-refractivity contribution in [3.05, 3.63) is 29.6 Å². The Morgan fingerprint density at radius 1 is 1.47 bits per heavy atom. The van der Waals surface area contributed by atoms with E-state index in [-0.39, 0.29) is 5.91 Å². The van der Waals surface area contributed by atoms with E-state index >= 15 is 0 Å². The first kappa shape index (κ1) is 13.6. The van der Waals surface area contributed by atoms with Gasteiger partial charge in [-0.2, -0.15) is 0 Å². The van der Waals surface area contributed by atoms with Crippen LogP contribution in [0, 0.1) is 6.92 Å². The van der Waals surface area contributed by atoms with Crippen LogP contribution in [-0.4, -0.2) is 16.4 Å². The number of rotatable bonds is 5. The van der Waals surface area contributed by atoms with E-state index in [1.54, 1.807) is 6.20 Å². The summed E-state index contributed by atoms with van der Waals surface area (Å²) in [6.45, 7) is 6.26. The predicted octanol–water partition coefficient (Wildman–Crippen LogP) is 1.52. The molecule has 3 N–H and O–H groups in total. The number of amides is 1. The summed E-state index contributed by atoms with van der Waals surface area (Å²) in [5, 5.41) is 2.86. The van der Waals surface area contributed by atoms with Crippen LogP contribution in [0.25, 0.3) is 0 Å². The Morgan fingerprint density at radius 3 is 2.65 bits per heavy atom. The number of nitrogens with zero attached hydrogens (tertiary/aromatic N) is 1. The SMILES string of the molecule is CCC(N)(CC)C(=O)NCc1ncccc1C. The van der Waals surface area contributed by atoms with Crippen molar-refractivity contribution in [3.63, 3.8) is 0 Å². The summed E-state index contributed by atoms with van der Waals surface area (Å²) >= 11 is 0. The fourth-order valence-corrected chi connectivity index (χ4v) is 1.61. The lowest BCUT2D eigenvalue weighted by Gasteiger charge is -2.25. The number of hydrogen-bond acceptors (Lipinski definition) is 3. The fraction of sp³-hybridized carbons (Fsp3) is 0.538. The molecule has 0 unspecified atom stereocenters. The molecule has 1 rings (SSSR count). The monoisotopic (exact) mass is 235 g/mol. The van der Waals surface area contributed by atoms with E-state index in [2.05, 4.69) is 10.3 Å². The third kappa shape index (κ3) is 3.27. The van der Waals surface area contributed by atoms with Gasteiger partial charge in [-0.15, -0.1) is 0 Å². The molecule has 0 radical (unpaired) electrons. The molecular formula is C13H21N3O. The molecule has 1 heterocycles. The Hall–Kier alpha value is -1.42. The number of carbonyl (C=O) groups is 1. The highest BCUT2D eigenvalue weighted by Gasteiger charge is 2.29. The zero-order chi connectivity index (χ0) is 12.9. The molecular weight excluding hydrogens is 214 g/mol. The normalized spacial score (nSPS) is 11.3. The van der Waals surface area contributed by atoms with Gasteiger partial charge in [-0.1, -0.05) is 19.9 Å². The Bertz CT molecular complexity index is 386. The summed E-state index contributed by atoms with van der Waals surface area (Å²) in [4.78, 5) is 16.2. The van der Waals surface area contributed by atoms with Gasteiger partial charge in [0.2, 0.25) is 5.91 Å². The van der Waals surface area contributed by atoms with Gasteiger partial charge in [0.05, 0.1) is 17.8 Å². The van der Waals surface area contributed by atoms with Crippen molar-refractivity contribution in [2.75, 3.05) is 0 Å². The summed E-state index contributed by atoms with van der Waals surface area (Å²) in [6.07, 6.45) is 3.00. The number of pyridine rings is 1. The van der Waals surface area contributed by atoms with Crippen LogP contribution in [0.4, 0.5) is 0 Å². The van der Waals surface area contributed by atoms with Gasteiger partial charge >= 0.3 is 0 Å². The maximum Gasteiger partial charge on any atom is 0.240 e. The molecule has 17 heavy (non-hydrogen) atoms. The quantitative estimate of drug-likeness (QED) is 0.813. The number of aromatic nitrogens is 1. The van der Waals surface area contributed by atoms with E-state index in [4.69, 9.17) is 5.73 Å². The maximum atomic E-state index is 11.9. The van der Waals surface area contributed by atoms with Gasteiger partial charge in [-0.3, -0.25) is 9.78 Å². The van der Waals surface area contributed by atoms with Crippen molar-refractivity contribution in [2.24, 2.45) is 5.73 Å². The first-order valence-electron chi connectivity index (χ1n) is 6.01. The van der Waals surface area contributed by atoms with Crippen molar-refractivity contribution in [3.8, 4) is 0 Å². The largest absolute Gasteiger partial charge is 0.349 e. The van der Waals surface area contributed by atoms with Crippen LogP contribution in [0.2, 0.25) is 0 Å². The highest BCUT2D eigenvalue weighted by Crippen LogP contribution is 2.11. The molecule has 0 spiro atoms. The van der Waals surface area contributed by atoms with Crippen LogP contribution < -0.4 is 11.1 Å². The minimum Gasteiger partial charge on any atom is -0.349 e. The second kappa shape index (κ2) is 5.77. The van der Waals surface area contributed by atoms with Crippen LogP contribution in [0.15, 0.2) is 18.3 Å². The Kier molecular flexibility index (Phi) is 4.63. The topological polar surface area (TPSA) is 68.0 Å². The summed E-state index contributed by atoms with van der Waals surface area (Å²) in [7, 11) is 0. The average molecular weight is 235 g/mol. The van der Waals surface area contributed by atoms with Crippen LogP contribution in [-0.2, 0) is 11.3 Å². The van der Waals surface area contributed by atoms with E-state index < -0.39 is 5.54 Å². The molecule has 1 aromatic heterocycles. The van der Waals surface area contributed by atoms with Crippen molar-refractivity contribution in [1.29, 1.82) is 0 Å². The minimum absolute atomic E-state index is 0.104.